The van der Waals surface area contributed by atoms with Crippen LogP contribution in [0.2, 0.25) is 0 Å². The molecule has 0 saturated carbocycles. The van der Waals surface area contributed by atoms with Gasteiger partial charge in [-0.25, -0.2) is 0 Å². The highest BCUT2D eigenvalue weighted by atomic mass is 79.9. The summed E-state index contributed by atoms with van der Waals surface area (Å²) in [5.41, 5.74) is 9.43. The molecule has 0 fully saturated rings. The van der Waals surface area contributed by atoms with Crippen molar-refractivity contribution in [1.82, 2.24) is 0 Å². The molecule has 2 aliphatic heterocycles. The Bertz CT molecular complexity index is 1090. The number of halogens is 3. The van der Waals surface area contributed by atoms with Gasteiger partial charge in [0.25, 0.3) is 0 Å². The third kappa shape index (κ3) is 2.47. The van der Waals surface area contributed by atoms with Crippen LogP contribution in [0.3, 0.4) is 0 Å². The summed E-state index contributed by atoms with van der Waals surface area (Å²) in [4.78, 5) is 2.91. The van der Waals surface area contributed by atoms with Crippen molar-refractivity contribution in [3.8, 4) is 0 Å². The van der Waals surface area contributed by atoms with Gasteiger partial charge in [0.2, 0.25) is 0 Å². The number of anilines is 2. The fourth-order valence-corrected chi connectivity index (χ4v) is 6.34. The standard InChI is InChI=1S/C24H22Br3N/c1-23(2)16-9-13(25)5-7-20(16)28-21-8-6-14(26)10-17(21)24(3,4)19-12-15(27)11-18(23)22(19)28/h5,7-12,14H,6H2,1-4H3. The van der Waals surface area contributed by atoms with E-state index in [1.54, 1.807) is 0 Å². The zero-order valence-electron chi connectivity index (χ0n) is 16.4. The maximum atomic E-state index is 3.83. The summed E-state index contributed by atoms with van der Waals surface area (Å²) in [6.07, 6.45) is 5.84. The number of allylic oxidation sites excluding steroid dienone is 3. The molecule has 1 aliphatic carbocycles. The van der Waals surface area contributed by atoms with Gasteiger partial charge in [-0.05, 0) is 59.0 Å². The molecule has 0 spiro atoms. The minimum atomic E-state index is -0.0754. The first-order chi connectivity index (χ1) is 13.1. The minimum Gasteiger partial charge on any atom is -0.310 e. The van der Waals surface area contributed by atoms with Gasteiger partial charge in [0.15, 0.2) is 0 Å². The van der Waals surface area contributed by atoms with E-state index in [4.69, 9.17) is 0 Å². The number of benzene rings is 2. The summed E-state index contributed by atoms with van der Waals surface area (Å²) in [5, 5.41) is 0. The number of alkyl halides is 1. The van der Waals surface area contributed by atoms with Gasteiger partial charge in [-0.1, -0.05) is 87.6 Å². The van der Waals surface area contributed by atoms with Gasteiger partial charge >= 0.3 is 0 Å². The van der Waals surface area contributed by atoms with Crippen LogP contribution < -0.4 is 4.90 Å². The van der Waals surface area contributed by atoms with E-state index in [-0.39, 0.29) is 10.8 Å². The fourth-order valence-electron chi connectivity index (χ4n) is 5.07. The second-order valence-electron chi connectivity index (χ2n) is 9.02. The molecular formula is C24H22Br3N. The molecule has 144 valence electrons. The third-order valence-electron chi connectivity index (χ3n) is 6.59. The van der Waals surface area contributed by atoms with E-state index >= 15 is 0 Å². The molecule has 1 unspecified atom stereocenters. The van der Waals surface area contributed by atoms with Crippen LogP contribution in [0.25, 0.3) is 0 Å². The van der Waals surface area contributed by atoms with Crippen molar-refractivity contribution in [2.75, 3.05) is 4.90 Å². The van der Waals surface area contributed by atoms with Crippen molar-refractivity contribution < 1.29 is 0 Å². The van der Waals surface area contributed by atoms with Crippen molar-refractivity contribution >= 4 is 59.2 Å². The van der Waals surface area contributed by atoms with Gasteiger partial charge < -0.3 is 4.90 Å². The molecule has 2 heterocycles. The van der Waals surface area contributed by atoms with Crippen molar-refractivity contribution in [3.63, 3.8) is 0 Å². The Kier molecular flexibility index (Phi) is 4.16. The monoisotopic (exact) mass is 561 g/mol. The zero-order chi connectivity index (χ0) is 20.0. The molecule has 0 saturated heterocycles. The van der Waals surface area contributed by atoms with Crippen LogP contribution in [-0.2, 0) is 10.8 Å². The Balaban J connectivity index is 1.94. The van der Waals surface area contributed by atoms with Gasteiger partial charge in [-0.3, -0.25) is 0 Å². The van der Waals surface area contributed by atoms with Gasteiger partial charge in [-0.2, -0.15) is 0 Å². The van der Waals surface area contributed by atoms with Crippen LogP contribution >= 0.6 is 47.8 Å². The number of fused-ring (bicyclic) bond motifs is 4. The number of nitrogens with zero attached hydrogens (tertiary/aromatic N) is 1. The summed E-state index contributed by atoms with van der Waals surface area (Å²) in [6.45, 7) is 9.42. The summed E-state index contributed by atoms with van der Waals surface area (Å²) >= 11 is 11.3. The Hall–Kier alpha value is -0.840. The normalized spacial score (nSPS) is 23.2. The Morgan fingerprint density at radius 1 is 0.893 bits per heavy atom. The SMILES string of the molecule is CC1(C)C2=CC(Br)CC=C2N2c3ccc(Br)cc3C(C)(C)c3cc(Br)cc1c32. The van der Waals surface area contributed by atoms with Gasteiger partial charge in [0.1, 0.15) is 0 Å². The highest BCUT2D eigenvalue weighted by molar-refractivity contribution is 9.10. The van der Waals surface area contributed by atoms with Crippen LogP contribution in [0.1, 0.15) is 50.8 Å². The van der Waals surface area contributed by atoms with Crippen LogP contribution in [0.5, 0.6) is 0 Å². The molecule has 3 aliphatic rings. The van der Waals surface area contributed by atoms with E-state index in [0.717, 1.165) is 15.4 Å². The third-order valence-corrected chi connectivity index (χ3v) is 8.18. The molecule has 0 bridgehead atoms. The first-order valence-electron chi connectivity index (χ1n) is 9.64. The maximum absolute atomic E-state index is 3.83. The lowest BCUT2D eigenvalue weighted by molar-refractivity contribution is 0.576. The average Bonchev–Trinajstić information content (AvgIpc) is 2.62. The molecule has 2 aromatic rings. The Morgan fingerprint density at radius 3 is 2.25 bits per heavy atom. The molecule has 4 heteroatoms. The fraction of sp³-hybridized carbons (Fsp3) is 0.333. The zero-order valence-corrected chi connectivity index (χ0v) is 21.2. The summed E-state index contributed by atoms with van der Waals surface area (Å²) < 4.78 is 2.28. The second kappa shape index (κ2) is 6.09. The first-order valence-corrected chi connectivity index (χ1v) is 12.1. The van der Waals surface area contributed by atoms with Gasteiger partial charge in [0.05, 0.1) is 11.4 Å². The summed E-state index contributed by atoms with van der Waals surface area (Å²) in [5.74, 6) is 0. The topological polar surface area (TPSA) is 3.24 Å². The Morgan fingerprint density at radius 2 is 1.54 bits per heavy atom. The molecule has 2 aromatic carbocycles. The largest absolute Gasteiger partial charge is 0.310 e. The van der Waals surface area contributed by atoms with Crippen LogP contribution in [0, 0.1) is 0 Å². The molecular weight excluding hydrogens is 542 g/mol. The molecule has 0 radical (unpaired) electrons. The lowest BCUT2D eigenvalue weighted by Gasteiger charge is -2.52. The molecule has 0 N–H and O–H groups in total. The second-order valence-corrected chi connectivity index (χ2v) is 12.0. The molecule has 1 atom stereocenters. The predicted octanol–water partition coefficient (Wildman–Crippen LogP) is 8.26. The van der Waals surface area contributed by atoms with E-state index in [1.807, 2.05) is 0 Å². The highest BCUT2D eigenvalue weighted by Crippen LogP contribution is 2.60. The lowest BCUT2D eigenvalue weighted by Crippen LogP contribution is -2.42. The van der Waals surface area contributed by atoms with Crippen molar-refractivity contribution in [2.24, 2.45) is 0 Å². The number of hydrogen-bond acceptors (Lipinski definition) is 1. The number of rotatable bonds is 0. The average molecular weight is 564 g/mol. The Labute approximate surface area is 192 Å². The molecule has 0 amide bonds. The maximum Gasteiger partial charge on any atom is 0.0544 e. The van der Waals surface area contributed by atoms with E-state index < -0.39 is 0 Å². The van der Waals surface area contributed by atoms with Crippen LogP contribution in [0.15, 0.2) is 62.7 Å². The van der Waals surface area contributed by atoms with E-state index in [1.165, 1.54) is 39.3 Å². The molecule has 28 heavy (non-hydrogen) atoms. The van der Waals surface area contributed by atoms with Crippen molar-refractivity contribution in [1.29, 1.82) is 0 Å². The van der Waals surface area contributed by atoms with E-state index in [9.17, 15) is 0 Å². The van der Waals surface area contributed by atoms with Crippen LogP contribution in [-0.4, -0.2) is 4.83 Å². The number of hydrogen-bond donors (Lipinski definition) is 0. The smallest absolute Gasteiger partial charge is 0.0544 e. The predicted molar refractivity (Wildman–Crippen MR) is 129 cm³/mol. The van der Waals surface area contributed by atoms with Crippen molar-refractivity contribution in [3.05, 3.63) is 79.4 Å². The summed E-state index contributed by atoms with van der Waals surface area (Å²) in [7, 11) is 0. The quantitative estimate of drug-likeness (QED) is 0.292. The summed E-state index contributed by atoms with van der Waals surface area (Å²) in [6, 6.07) is 11.4. The highest BCUT2D eigenvalue weighted by Gasteiger charge is 2.47. The lowest BCUT2D eigenvalue weighted by atomic mass is 9.65. The molecule has 1 nitrogen and oxygen atoms in total. The molecule has 0 aromatic heterocycles. The van der Waals surface area contributed by atoms with E-state index in [2.05, 4.69) is 123 Å². The van der Waals surface area contributed by atoms with Crippen molar-refractivity contribution in [2.45, 2.75) is 49.8 Å². The molecule has 5 rings (SSSR count). The van der Waals surface area contributed by atoms with Crippen LogP contribution in [0.4, 0.5) is 11.4 Å². The minimum absolute atomic E-state index is 0.0500. The van der Waals surface area contributed by atoms with E-state index in [0.29, 0.717) is 4.83 Å². The van der Waals surface area contributed by atoms with Gasteiger partial charge in [0, 0.05) is 30.3 Å². The first kappa shape index (κ1) is 19.1. The van der Waals surface area contributed by atoms with Gasteiger partial charge in [-0.15, -0.1) is 0 Å².